The fourth-order valence-corrected chi connectivity index (χ4v) is 3.56. The number of hydrogen-bond acceptors (Lipinski definition) is 1. The molecule has 2 N–H and O–H groups in total. The Kier molecular flexibility index (Phi) is 3.69. The molecular formula is C19H25N2O+. The summed E-state index contributed by atoms with van der Waals surface area (Å²) in [6.07, 6.45) is 0.997. The van der Waals surface area contributed by atoms with Crippen molar-refractivity contribution in [2.45, 2.75) is 39.4 Å². The number of carbonyl (C=O) groups is 1. The maximum absolute atomic E-state index is 12.6. The molecule has 3 nitrogen and oxygen atoms in total. The second-order valence-electron chi connectivity index (χ2n) is 7.40. The zero-order valence-electron chi connectivity index (χ0n) is 13.8. The lowest BCUT2D eigenvalue weighted by atomic mass is 9.92. The Morgan fingerprint density at radius 3 is 2.45 bits per heavy atom. The first-order chi connectivity index (χ1) is 10.4. The third-order valence-corrected chi connectivity index (χ3v) is 4.70. The number of fused-ring (bicyclic) bond motifs is 1. The van der Waals surface area contributed by atoms with Gasteiger partial charge in [0.05, 0.1) is 0 Å². The number of nitrogens with two attached hydrogens (primary N) is 1. The molecule has 1 fully saturated rings. The van der Waals surface area contributed by atoms with Crippen LogP contribution >= 0.6 is 0 Å². The summed E-state index contributed by atoms with van der Waals surface area (Å²) in [7, 11) is 1.93. The van der Waals surface area contributed by atoms with Gasteiger partial charge in [-0.1, -0.05) is 63.2 Å². The van der Waals surface area contributed by atoms with Crippen LogP contribution < -0.4 is 5.32 Å². The molecule has 1 aliphatic rings. The topological polar surface area (TPSA) is 36.9 Å². The molecule has 2 aromatic rings. The molecule has 1 saturated heterocycles. The van der Waals surface area contributed by atoms with E-state index in [-0.39, 0.29) is 23.5 Å². The average molecular weight is 297 g/mol. The lowest BCUT2D eigenvalue weighted by molar-refractivity contribution is -0.717. The van der Waals surface area contributed by atoms with E-state index in [1.807, 2.05) is 11.9 Å². The number of hydrogen-bond donors (Lipinski definition) is 1. The molecule has 3 heteroatoms. The average Bonchev–Trinajstić information content (AvgIpc) is 2.76. The van der Waals surface area contributed by atoms with E-state index in [1.54, 1.807) is 0 Å². The Balaban J connectivity index is 1.88. The second kappa shape index (κ2) is 5.40. The van der Waals surface area contributed by atoms with Gasteiger partial charge in [0.25, 0.3) is 5.91 Å². The van der Waals surface area contributed by atoms with Crippen LogP contribution in [0.25, 0.3) is 10.8 Å². The van der Waals surface area contributed by atoms with E-state index in [9.17, 15) is 4.79 Å². The summed E-state index contributed by atoms with van der Waals surface area (Å²) in [6, 6.07) is 14.7. The highest BCUT2D eigenvalue weighted by atomic mass is 16.2. The van der Waals surface area contributed by atoms with Gasteiger partial charge in [-0.2, -0.15) is 0 Å². The van der Waals surface area contributed by atoms with Gasteiger partial charge in [0, 0.05) is 18.9 Å². The molecule has 2 aromatic carbocycles. The fourth-order valence-electron chi connectivity index (χ4n) is 3.56. The maximum atomic E-state index is 12.6. The SMILES string of the molecule is CN1C(=O)[C@@H](Cc2cccc3ccccc23)[NH2+][C@H]1C(C)(C)C. The van der Waals surface area contributed by atoms with Gasteiger partial charge in [-0.15, -0.1) is 0 Å². The first-order valence-electron chi connectivity index (χ1n) is 7.96. The minimum absolute atomic E-state index is 0.0139. The van der Waals surface area contributed by atoms with Gasteiger partial charge in [-0.3, -0.25) is 9.69 Å². The van der Waals surface area contributed by atoms with Crippen molar-refractivity contribution >= 4 is 16.7 Å². The summed E-state index contributed by atoms with van der Waals surface area (Å²) < 4.78 is 0. The van der Waals surface area contributed by atoms with E-state index in [4.69, 9.17) is 0 Å². The first-order valence-corrected chi connectivity index (χ1v) is 7.96. The van der Waals surface area contributed by atoms with Crippen LogP contribution in [0.5, 0.6) is 0 Å². The molecule has 0 unspecified atom stereocenters. The molecule has 1 amide bonds. The zero-order valence-corrected chi connectivity index (χ0v) is 13.8. The summed E-state index contributed by atoms with van der Waals surface area (Å²) in [5, 5.41) is 4.74. The molecule has 1 heterocycles. The van der Waals surface area contributed by atoms with E-state index in [1.165, 1.54) is 16.3 Å². The second-order valence-corrected chi connectivity index (χ2v) is 7.40. The van der Waals surface area contributed by atoms with Crippen molar-refractivity contribution in [2.24, 2.45) is 5.41 Å². The highest BCUT2D eigenvalue weighted by Crippen LogP contribution is 2.24. The van der Waals surface area contributed by atoms with Crippen LogP contribution in [0.2, 0.25) is 0 Å². The molecular weight excluding hydrogens is 272 g/mol. The zero-order chi connectivity index (χ0) is 15.9. The normalized spacial score (nSPS) is 22.5. The lowest BCUT2D eigenvalue weighted by Crippen LogP contribution is -2.95. The molecule has 116 valence electrons. The summed E-state index contributed by atoms with van der Waals surface area (Å²) >= 11 is 0. The number of amides is 1. The number of carbonyl (C=O) groups excluding carboxylic acids is 1. The van der Waals surface area contributed by atoms with Crippen molar-refractivity contribution in [1.29, 1.82) is 0 Å². The van der Waals surface area contributed by atoms with Crippen molar-refractivity contribution in [3.05, 3.63) is 48.0 Å². The van der Waals surface area contributed by atoms with Crippen LogP contribution in [0.1, 0.15) is 26.3 Å². The minimum atomic E-state index is -0.0139. The molecule has 1 aliphatic heterocycles. The number of benzene rings is 2. The minimum Gasteiger partial charge on any atom is -0.316 e. The van der Waals surface area contributed by atoms with Gasteiger partial charge in [-0.05, 0) is 16.3 Å². The van der Waals surface area contributed by atoms with Gasteiger partial charge >= 0.3 is 0 Å². The molecule has 3 rings (SSSR count). The monoisotopic (exact) mass is 297 g/mol. The van der Waals surface area contributed by atoms with E-state index in [2.05, 4.69) is 68.6 Å². The Hall–Kier alpha value is -1.87. The highest BCUT2D eigenvalue weighted by molar-refractivity contribution is 5.87. The van der Waals surface area contributed by atoms with Crippen LogP contribution in [-0.2, 0) is 11.2 Å². The summed E-state index contributed by atoms with van der Waals surface area (Å²) in [5.41, 5.74) is 1.34. The number of quaternary nitrogens is 1. The number of likely N-dealkylation sites (N-methyl/N-ethyl adjacent to an activating group) is 1. The Bertz CT molecular complexity index is 697. The Labute approximate surface area is 132 Å². The Morgan fingerprint density at radius 1 is 1.09 bits per heavy atom. The van der Waals surface area contributed by atoms with Crippen molar-refractivity contribution in [1.82, 2.24) is 4.90 Å². The van der Waals surface area contributed by atoms with E-state index >= 15 is 0 Å². The smallest absolute Gasteiger partial charge is 0.285 e. The van der Waals surface area contributed by atoms with Gasteiger partial charge in [0.1, 0.15) is 0 Å². The third-order valence-electron chi connectivity index (χ3n) is 4.70. The number of nitrogens with zero attached hydrogens (tertiary/aromatic N) is 1. The third kappa shape index (κ3) is 2.61. The van der Waals surface area contributed by atoms with Crippen molar-refractivity contribution in [2.75, 3.05) is 7.05 Å². The van der Waals surface area contributed by atoms with Crippen LogP contribution in [0, 0.1) is 5.41 Å². The van der Waals surface area contributed by atoms with Crippen LogP contribution in [-0.4, -0.2) is 30.1 Å². The summed E-state index contributed by atoms with van der Waals surface area (Å²) in [6.45, 7) is 6.58. The van der Waals surface area contributed by atoms with Crippen LogP contribution in [0.15, 0.2) is 42.5 Å². The van der Waals surface area contributed by atoms with Crippen molar-refractivity contribution in [3.63, 3.8) is 0 Å². The first kappa shape index (κ1) is 15.0. The molecule has 0 aromatic heterocycles. The lowest BCUT2D eigenvalue weighted by Gasteiger charge is -2.28. The van der Waals surface area contributed by atoms with Crippen molar-refractivity contribution in [3.8, 4) is 0 Å². The van der Waals surface area contributed by atoms with Gasteiger partial charge in [0.15, 0.2) is 12.2 Å². The molecule has 22 heavy (non-hydrogen) atoms. The fraction of sp³-hybridized carbons (Fsp3) is 0.421. The van der Waals surface area contributed by atoms with Crippen LogP contribution in [0.4, 0.5) is 0 Å². The van der Waals surface area contributed by atoms with E-state index in [0.29, 0.717) is 0 Å². The Morgan fingerprint density at radius 2 is 1.77 bits per heavy atom. The molecule has 0 saturated carbocycles. The quantitative estimate of drug-likeness (QED) is 0.906. The summed E-state index contributed by atoms with van der Waals surface area (Å²) in [5.74, 6) is 0.243. The molecule has 2 atom stereocenters. The van der Waals surface area contributed by atoms with Crippen LogP contribution in [0.3, 0.4) is 0 Å². The standard InChI is InChI=1S/C19H24N2O/c1-19(2,3)18-20-16(17(22)21(18)4)12-14-10-7-9-13-8-5-6-11-15(13)14/h5-11,16,18,20H,12H2,1-4H3/p+1/t16-,18-/m1/s1. The summed E-state index contributed by atoms with van der Waals surface area (Å²) in [4.78, 5) is 14.5. The molecule has 0 radical (unpaired) electrons. The van der Waals surface area contributed by atoms with Gasteiger partial charge in [0.2, 0.25) is 0 Å². The van der Waals surface area contributed by atoms with E-state index < -0.39 is 0 Å². The number of rotatable bonds is 2. The van der Waals surface area contributed by atoms with Gasteiger partial charge < -0.3 is 5.32 Å². The molecule has 0 aliphatic carbocycles. The van der Waals surface area contributed by atoms with Crippen molar-refractivity contribution < 1.29 is 10.1 Å². The van der Waals surface area contributed by atoms with Gasteiger partial charge in [-0.25, -0.2) is 0 Å². The molecule has 0 spiro atoms. The van der Waals surface area contributed by atoms with E-state index in [0.717, 1.165) is 6.42 Å². The molecule has 0 bridgehead atoms. The predicted octanol–water partition coefficient (Wildman–Crippen LogP) is 2.16. The highest BCUT2D eigenvalue weighted by Gasteiger charge is 2.46. The largest absolute Gasteiger partial charge is 0.316 e. The maximum Gasteiger partial charge on any atom is 0.285 e. The predicted molar refractivity (Wildman–Crippen MR) is 89.4 cm³/mol.